The van der Waals surface area contributed by atoms with Crippen molar-refractivity contribution in [2.24, 2.45) is 5.92 Å². The lowest BCUT2D eigenvalue weighted by Crippen LogP contribution is -2.47. The topological polar surface area (TPSA) is 15.3 Å². The largest absolute Gasteiger partial charge is 0.318 e. The molecule has 1 aliphatic rings. The molecule has 2 rings (SSSR count). The van der Waals surface area contributed by atoms with E-state index in [0.29, 0.717) is 6.04 Å². The molecule has 2 unspecified atom stereocenters. The smallest absolute Gasteiger partial charge is 0.0264 e. The van der Waals surface area contributed by atoms with Crippen LogP contribution in [-0.4, -0.2) is 31.1 Å². The normalized spacial score (nSPS) is 21.1. The molecule has 0 radical (unpaired) electrons. The molecule has 1 N–H and O–H groups in total. The molecule has 1 heterocycles. The standard InChI is InChI=1S/C17H28N2/c1-4-7-14(2)12-19-13-16-9-6-5-8-15(16)10-17(19)11-18-3/h5-6,8-9,14,17-18H,4,7,10-13H2,1-3H3. The average molecular weight is 260 g/mol. The molecule has 0 aromatic heterocycles. The first-order chi connectivity index (χ1) is 9.24. The maximum absolute atomic E-state index is 3.36. The maximum atomic E-state index is 3.36. The van der Waals surface area contributed by atoms with Crippen molar-refractivity contribution < 1.29 is 0 Å². The van der Waals surface area contributed by atoms with E-state index in [9.17, 15) is 0 Å². The molecular weight excluding hydrogens is 232 g/mol. The van der Waals surface area contributed by atoms with Crippen molar-refractivity contribution in [3.05, 3.63) is 35.4 Å². The van der Waals surface area contributed by atoms with Crippen LogP contribution in [-0.2, 0) is 13.0 Å². The first-order valence-electron chi connectivity index (χ1n) is 7.70. The quantitative estimate of drug-likeness (QED) is 0.845. The van der Waals surface area contributed by atoms with Crippen LogP contribution >= 0.6 is 0 Å². The average Bonchev–Trinajstić information content (AvgIpc) is 2.40. The van der Waals surface area contributed by atoms with Crippen LogP contribution in [0.2, 0.25) is 0 Å². The zero-order chi connectivity index (χ0) is 13.7. The fraction of sp³-hybridized carbons (Fsp3) is 0.647. The van der Waals surface area contributed by atoms with Gasteiger partial charge >= 0.3 is 0 Å². The summed E-state index contributed by atoms with van der Waals surface area (Å²) in [6.07, 6.45) is 3.82. The number of benzene rings is 1. The molecule has 1 aliphatic heterocycles. The van der Waals surface area contributed by atoms with Crippen LogP contribution in [0.3, 0.4) is 0 Å². The number of nitrogens with one attached hydrogen (secondary N) is 1. The van der Waals surface area contributed by atoms with Crippen LogP contribution in [0.5, 0.6) is 0 Å². The van der Waals surface area contributed by atoms with E-state index in [4.69, 9.17) is 0 Å². The molecule has 0 bridgehead atoms. The highest BCUT2D eigenvalue weighted by molar-refractivity contribution is 5.30. The van der Waals surface area contributed by atoms with E-state index in [1.54, 1.807) is 5.56 Å². The van der Waals surface area contributed by atoms with E-state index >= 15 is 0 Å². The van der Waals surface area contributed by atoms with Crippen molar-refractivity contribution in [1.82, 2.24) is 10.2 Å². The molecule has 0 saturated carbocycles. The highest BCUT2D eigenvalue weighted by atomic mass is 15.2. The van der Waals surface area contributed by atoms with Crippen LogP contribution in [0, 0.1) is 5.92 Å². The number of hydrogen-bond donors (Lipinski definition) is 1. The highest BCUT2D eigenvalue weighted by Crippen LogP contribution is 2.24. The Bertz CT molecular complexity index is 389. The van der Waals surface area contributed by atoms with Crippen molar-refractivity contribution in [2.45, 2.75) is 45.7 Å². The van der Waals surface area contributed by atoms with Gasteiger partial charge in [0.25, 0.3) is 0 Å². The lowest BCUT2D eigenvalue weighted by Gasteiger charge is -2.38. The summed E-state index contributed by atoms with van der Waals surface area (Å²) in [5.41, 5.74) is 3.07. The van der Waals surface area contributed by atoms with Crippen LogP contribution < -0.4 is 5.32 Å². The molecular formula is C17H28N2. The predicted molar refractivity (Wildman–Crippen MR) is 82.3 cm³/mol. The van der Waals surface area contributed by atoms with Gasteiger partial charge in [-0.3, -0.25) is 4.90 Å². The number of nitrogens with zero attached hydrogens (tertiary/aromatic N) is 1. The molecule has 0 aliphatic carbocycles. The first-order valence-corrected chi connectivity index (χ1v) is 7.70. The summed E-state index contributed by atoms with van der Waals surface area (Å²) in [5, 5.41) is 3.36. The molecule has 2 nitrogen and oxygen atoms in total. The van der Waals surface area contributed by atoms with E-state index in [1.807, 2.05) is 0 Å². The molecule has 1 aromatic carbocycles. The van der Waals surface area contributed by atoms with Gasteiger partial charge < -0.3 is 5.32 Å². The summed E-state index contributed by atoms with van der Waals surface area (Å²) in [6, 6.07) is 9.59. The van der Waals surface area contributed by atoms with E-state index in [2.05, 4.69) is 55.4 Å². The van der Waals surface area contributed by atoms with Gasteiger partial charge in [-0.05, 0) is 36.9 Å². The zero-order valence-corrected chi connectivity index (χ0v) is 12.7. The highest BCUT2D eigenvalue weighted by Gasteiger charge is 2.26. The fourth-order valence-electron chi connectivity index (χ4n) is 3.28. The minimum absolute atomic E-state index is 0.652. The Morgan fingerprint density at radius 2 is 2.05 bits per heavy atom. The Hall–Kier alpha value is -0.860. The van der Waals surface area contributed by atoms with Crippen molar-refractivity contribution in [3.8, 4) is 0 Å². The fourth-order valence-corrected chi connectivity index (χ4v) is 3.28. The lowest BCUT2D eigenvalue weighted by atomic mass is 9.92. The van der Waals surface area contributed by atoms with Crippen LogP contribution in [0.1, 0.15) is 37.8 Å². The summed E-state index contributed by atoms with van der Waals surface area (Å²) in [4.78, 5) is 2.68. The van der Waals surface area contributed by atoms with E-state index in [1.165, 1.54) is 31.4 Å². The van der Waals surface area contributed by atoms with Gasteiger partial charge in [0, 0.05) is 25.7 Å². The first kappa shape index (κ1) is 14.5. The molecule has 0 fully saturated rings. The SMILES string of the molecule is CCCC(C)CN1Cc2ccccc2CC1CNC. The number of fused-ring (bicyclic) bond motifs is 1. The number of hydrogen-bond acceptors (Lipinski definition) is 2. The van der Waals surface area contributed by atoms with Gasteiger partial charge in [0.1, 0.15) is 0 Å². The summed E-state index contributed by atoms with van der Waals surface area (Å²) in [5.74, 6) is 0.801. The summed E-state index contributed by atoms with van der Waals surface area (Å²) in [7, 11) is 2.06. The summed E-state index contributed by atoms with van der Waals surface area (Å²) >= 11 is 0. The van der Waals surface area contributed by atoms with Crippen LogP contribution in [0.4, 0.5) is 0 Å². The Labute approximate surface area is 118 Å². The number of likely N-dealkylation sites (N-methyl/N-ethyl adjacent to an activating group) is 1. The van der Waals surface area contributed by atoms with Crippen molar-refractivity contribution in [3.63, 3.8) is 0 Å². The van der Waals surface area contributed by atoms with E-state index in [-0.39, 0.29) is 0 Å². The van der Waals surface area contributed by atoms with Gasteiger partial charge in [-0.15, -0.1) is 0 Å². The predicted octanol–water partition coefficient (Wildman–Crippen LogP) is 3.07. The second kappa shape index (κ2) is 7.06. The Morgan fingerprint density at radius 1 is 1.32 bits per heavy atom. The third-order valence-electron chi connectivity index (χ3n) is 4.23. The Morgan fingerprint density at radius 3 is 2.74 bits per heavy atom. The molecule has 2 atom stereocenters. The molecule has 1 aromatic rings. The molecule has 0 amide bonds. The van der Waals surface area contributed by atoms with Crippen molar-refractivity contribution >= 4 is 0 Å². The molecule has 106 valence electrons. The van der Waals surface area contributed by atoms with E-state index in [0.717, 1.165) is 19.0 Å². The number of rotatable bonds is 6. The van der Waals surface area contributed by atoms with Crippen LogP contribution in [0.15, 0.2) is 24.3 Å². The van der Waals surface area contributed by atoms with Gasteiger partial charge in [-0.2, -0.15) is 0 Å². The van der Waals surface area contributed by atoms with Gasteiger partial charge in [-0.1, -0.05) is 44.5 Å². The summed E-state index contributed by atoms with van der Waals surface area (Å²) in [6.45, 7) is 8.12. The molecule has 0 spiro atoms. The van der Waals surface area contributed by atoms with Crippen molar-refractivity contribution in [2.75, 3.05) is 20.1 Å². The zero-order valence-electron chi connectivity index (χ0n) is 12.7. The second-order valence-corrected chi connectivity index (χ2v) is 6.01. The van der Waals surface area contributed by atoms with Crippen LogP contribution in [0.25, 0.3) is 0 Å². The minimum atomic E-state index is 0.652. The maximum Gasteiger partial charge on any atom is 0.0264 e. The molecule has 2 heteroatoms. The van der Waals surface area contributed by atoms with Gasteiger partial charge in [0.2, 0.25) is 0 Å². The van der Waals surface area contributed by atoms with Gasteiger partial charge in [0.05, 0.1) is 0 Å². The summed E-state index contributed by atoms with van der Waals surface area (Å²) < 4.78 is 0. The second-order valence-electron chi connectivity index (χ2n) is 6.01. The van der Waals surface area contributed by atoms with Gasteiger partial charge in [-0.25, -0.2) is 0 Å². The molecule has 19 heavy (non-hydrogen) atoms. The van der Waals surface area contributed by atoms with Crippen molar-refractivity contribution in [1.29, 1.82) is 0 Å². The Kier molecular flexibility index (Phi) is 5.41. The van der Waals surface area contributed by atoms with Gasteiger partial charge in [0.15, 0.2) is 0 Å². The third kappa shape index (κ3) is 3.80. The van der Waals surface area contributed by atoms with E-state index < -0.39 is 0 Å². The monoisotopic (exact) mass is 260 g/mol. The third-order valence-corrected chi connectivity index (χ3v) is 4.23. The molecule has 0 saturated heterocycles. The lowest BCUT2D eigenvalue weighted by molar-refractivity contribution is 0.144. The Balaban J connectivity index is 2.07. The minimum Gasteiger partial charge on any atom is -0.318 e.